The molecule has 1 aromatic carbocycles. The predicted molar refractivity (Wildman–Crippen MR) is 112 cm³/mol. The van der Waals surface area contributed by atoms with E-state index in [2.05, 4.69) is 15.1 Å². The van der Waals surface area contributed by atoms with Gasteiger partial charge in [-0.2, -0.15) is 4.98 Å². The Morgan fingerprint density at radius 1 is 1.13 bits per heavy atom. The highest BCUT2D eigenvalue weighted by Gasteiger charge is 2.24. The highest BCUT2D eigenvalue weighted by atomic mass is 16.6. The molecule has 0 bridgehead atoms. The van der Waals surface area contributed by atoms with Gasteiger partial charge in [-0.05, 0) is 32.0 Å². The molecule has 1 aliphatic heterocycles. The molecule has 31 heavy (non-hydrogen) atoms. The van der Waals surface area contributed by atoms with Gasteiger partial charge in [0.1, 0.15) is 12.4 Å². The number of carboxylic acid groups (broad SMARTS) is 1. The second kappa shape index (κ2) is 9.96. The number of hydrogen-bond donors (Lipinski definition) is 1. The van der Waals surface area contributed by atoms with Crippen LogP contribution in [0, 0.1) is 6.92 Å². The number of hydrogen-bond acceptors (Lipinski definition) is 8. The Bertz CT molecular complexity index is 957. The smallest absolute Gasteiger partial charge is 0.407 e. The van der Waals surface area contributed by atoms with E-state index in [4.69, 9.17) is 24.2 Å². The number of likely N-dealkylation sites (tertiary alicyclic amines) is 1. The summed E-state index contributed by atoms with van der Waals surface area (Å²) in [6.07, 6.45) is 1.53. The molecule has 2 aromatic rings. The summed E-state index contributed by atoms with van der Waals surface area (Å²) in [4.78, 5) is 26.3. The maximum absolute atomic E-state index is 11.0. The Morgan fingerprint density at radius 3 is 2.45 bits per heavy atom. The Kier molecular flexibility index (Phi) is 7.11. The molecule has 0 atom stereocenters. The molecule has 0 saturated carbocycles. The van der Waals surface area contributed by atoms with E-state index in [0.717, 1.165) is 5.56 Å². The van der Waals surface area contributed by atoms with Gasteiger partial charge in [-0.1, -0.05) is 5.16 Å². The summed E-state index contributed by atoms with van der Waals surface area (Å²) < 4.78 is 16.5. The highest BCUT2D eigenvalue weighted by Crippen LogP contribution is 2.28. The van der Waals surface area contributed by atoms with Crippen LogP contribution in [-0.4, -0.2) is 65.2 Å². The lowest BCUT2D eigenvalue weighted by atomic mass is 10.1. The number of nitrogens with zero attached hydrogens (tertiary/aromatic N) is 4. The summed E-state index contributed by atoms with van der Waals surface area (Å²) >= 11 is 0. The van der Waals surface area contributed by atoms with Gasteiger partial charge in [0, 0.05) is 31.5 Å². The molecular weight excluding hydrogens is 404 g/mol. The van der Waals surface area contributed by atoms with Gasteiger partial charge in [-0.15, -0.1) is 0 Å². The summed E-state index contributed by atoms with van der Waals surface area (Å²) in [6, 6.07) is 5.46. The van der Waals surface area contributed by atoms with Gasteiger partial charge in [-0.3, -0.25) is 0 Å². The van der Waals surface area contributed by atoms with Gasteiger partial charge >= 0.3 is 6.09 Å². The normalized spacial score (nSPS) is 14.8. The van der Waals surface area contributed by atoms with Gasteiger partial charge in [0.15, 0.2) is 11.5 Å². The summed E-state index contributed by atoms with van der Waals surface area (Å²) in [6.45, 7) is 4.47. The zero-order valence-corrected chi connectivity index (χ0v) is 18.0. The number of ether oxygens (including phenoxy) is 3. The average Bonchev–Trinajstić information content (AvgIpc) is 2.79. The van der Waals surface area contributed by atoms with Crippen LogP contribution < -0.4 is 19.0 Å². The molecular formula is C21H26N4O6. The molecule has 10 nitrogen and oxygen atoms in total. The first-order valence-corrected chi connectivity index (χ1v) is 9.83. The van der Waals surface area contributed by atoms with Gasteiger partial charge in [0.05, 0.1) is 25.5 Å². The zero-order valence-electron chi connectivity index (χ0n) is 18.0. The van der Waals surface area contributed by atoms with Crippen molar-refractivity contribution in [2.45, 2.75) is 32.8 Å². The summed E-state index contributed by atoms with van der Waals surface area (Å²) in [7, 11) is 3.15. The number of aromatic nitrogens is 2. The third-order valence-corrected chi connectivity index (χ3v) is 5.05. The van der Waals surface area contributed by atoms with Crippen LogP contribution in [0.4, 0.5) is 4.79 Å². The van der Waals surface area contributed by atoms with E-state index in [1.54, 1.807) is 27.2 Å². The van der Waals surface area contributed by atoms with Gasteiger partial charge in [-0.25, -0.2) is 9.78 Å². The second-order valence-corrected chi connectivity index (χ2v) is 7.03. The first-order chi connectivity index (χ1) is 14.9. The summed E-state index contributed by atoms with van der Waals surface area (Å²) in [5, 5.41) is 13.2. The molecule has 0 radical (unpaired) electrons. The fourth-order valence-corrected chi connectivity index (χ4v) is 3.18. The van der Waals surface area contributed by atoms with Crippen LogP contribution >= 0.6 is 0 Å². The van der Waals surface area contributed by atoms with E-state index >= 15 is 0 Å². The van der Waals surface area contributed by atoms with Crippen LogP contribution in [0.5, 0.6) is 23.3 Å². The molecule has 2 heterocycles. The fourth-order valence-electron chi connectivity index (χ4n) is 3.18. The highest BCUT2D eigenvalue weighted by molar-refractivity contribution is 5.98. The van der Waals surface area contributed by atoms with Gasteiger partial charge in [0.25, 0.3) is 5.88 Å². The number of piperidine rings is 1. The number of methoxy groups -OCH3 is 2. The van der Waals surface area contributed by atoms with Crippen molar-refractivity contribution in [2.24, 2.45) is 5.16 Å². The molecule has 1 saturated heterocycles. The van der Waals surface area contributed by atoms with E-state index < -0.39 is 6.09 Å². The van der Waals surface area contributed by atoms with Crippen molar-refractivity contribution < 1.29 is 28.9 Å². The molecule has 1 aliphatic rings. The molecule has 0 aliphatic carbocycles. The molecule has 1 N–H and O–H groups in total. The molecule has 3 rings (SSSR count). The predicted octanol–water partition coefficient (Wildman–Crippen LogP) is 3.13. The van der Waals surface area contributed by atoms with Crippen molar-refractivity contribution in [3.63, 3.8) is 0 Å². The van der Waals surface area contributed by atoms with Crippen molar-refractivity contribution in [1.29, 1.82) is 0 Å². The third-order valence-electron chi connectivity index (χ3n) is 5.05. The Balaban J connectivity index is 1.68. The first-order valence-electron chi connectivity index (χ1n) is 9.83. The molecule has 166 valence electrons. The van der Waals surface area contributed by atoms with Crippen LogP contribution in [0.3, 0.4) is 0 Å². The van der Waals surface area contributed by atoms with Crippen molar-refractivity contribution >= 4 is 11.8 Å². The monoisotopic (exact) mass is 430 g/mol. The molecule has 0 unspecified atom stereocenters. The number of benzene rings is 1. The van der Waals surface area contributed by atoms with Crippen LogP contribution in [0.2, 0.25) is 0 Å². The SMILES string of the molecule is COc1ccc(/C(C)=N\Oc2ncnc(OC3CCN(C(=O)O)CC3)c2C)cc1OC. The lowest BCUT2D eigenvalue weighted by Crippen LogP contribution is -2.41. The van der Waals surface area contributed by atoms with Crippen LogP contribution in [-0.2, 0) is 0 Å². The summed E-state index contributed by atoms with van der Waals surface area (Å²) in [5.74, 6) is 1.91. The molecule has 10 heteroatoms. The third kappa shape index (κ3) is 5.33. The Morgan fingerprint density at radius 2 is 1.81 bits per heavy atom. The number of oxime groups is 1. The van der Waals surface area contributed by atoms with Crippen molar-refractivity contribution in [3.05, 3.63) is 35.7 Å². The Labute approximate surface area is 180 Å². The molecule has 1 aromatic heterocycles. The standard InChI is InChI=1S/C21H26N4O6/c1-13-19(30-16-7-9-25(10-8-16)21(26)27)22-12-23-20(13)31-24-14(2)15-5-6-17(28-3)18(11-15)29-4/h5-6,11-12,16H,7-10H2,1-4H3,(H,26,27)/b24-14-. The molecule has 0 spiro atoms. The van der Waals surface area contributed by atoms with E-state index in [1.165, 1.54) is 11.2 Å². The van der Waals surface area contributed by atoms with Crippen LogP contribution in [0.1, 0.15) is 30.9 Å². The quantitative estimate of drug-likeness (QED) is 0.526. The maximum atomic E-state index is 11.0. The fraction of sp³-hybridized carbons (Fsp3) is 0.429. The van der Waals surface area contributed by atoms with E-state index in [0.29, 0.717) is 54.6 Å². The van der Waals surface area contributed by atoms with Crippen molar-refractivity contribution in [1.82, 2.24) is 14.9 Å². The number of carbonyl (C=O) groups is 1. The lowest BCUT2D eigenvalue weighted by molar-refractivity contribution is 0.0863. The van der Waals surface area contributed by atoms with Gasteiger partial charge < -0.3 is 29.1 Å². The van der Waals surface area contributed by atoms with Crippen LogP contribution in [0.15, 0.2) is 29.7 Å². The second-order valence-electron chi connectivity index (χ2n) is 7.03. The van der Waals surface area contributed by atoms with E-state index in [9.17, 15) is 4.79 Å². The zero-order chi connectivity index (χ0) is 22.4. The largest absolute Gasteiger partial charge is 0.493 e. The summed E-state index contributed by atoms with van der Waals surface area (Å²) in [5.41, 5.74) is 2.06. The van der Waals surface area contributed by atoms with Crippen molar-refractivity contribution in [3.8, 4) is 23.3 Å². The Hall–Kier alpha value is -3.56. The van der Waals surface area contributed by atoms with Crippen molar-refractivity contribution in [2.75, 3.05) is 27.3 Å². The minimum Gasteiger partial charge on any atom is -0.493 e. The number of rotatable bonds is 7. The molecule has 1 fully saturated rings. The van der Waals surface area contributed by atoms with E-state index in [1.807, 2.05) is 19.1 Å². The topological polar surface area (TPSA) is 116 Å². The lowest BCUT2D eigenvalue weighted by Gasteiger charge is -2.30. The minimum absolute atomic E-state index is 0.117. The minimum atomic E-state index is -0.907. The number of amides is 1. The first kappa shape index (κ1) is 22.1. The van der Waals surface area contributed by atoms with E-state index in [-0.39, 0.29) is 12.0 Å². The average molecular weight is 430 g/mol. The van der Waals surface area contributed by atoms with Crippen LogP contribution in [0.25, 0.3) is 0 Å². The molecule has 1 amide bonds. The van der Waals surface area contributed by atoms with Gasteiger partial charge in [0.2, 0.25) is 5.88 Å². The maximum Gasteiger partial charge on any atom is 0.407 e.